The zero-order valence-electron chi connectivity index (χ0n) is 13.0. The fraction of sp³-hybridized carbons (Fsp3) is 0.500. The van der Waals surface area contributed by atoms with Crippen LogP contribution in [0.3, 0.4) is 0 Å². The molecule has 0 aliphatic carbocycles. The summed E-state index contributed by atoms with van der Waals surface area (Å²) in [6.45, 7) is 7.79. The first-order chi connectivity index (χ1) is 10.2. The number of amides is 2. The molecule has 1 saturated heterocycles. The van der Waals surface area contributed by atoms with Gasteiger partial charge in [0, 0.05) is 35.2 Å². The minimum Gasteiger partial charge on any atom is -0.339 e. The molecule has 1 aromatic rings. The molecule has 1 aromatic carbocycles. The Bertz CT molecular complexity index is 590. The van der Waals surface area contributed by atoms with Crippen molar-refractivity contribution >= 4 is 34.4 Å². The van der Waals surface area contributed by atoms with Crippen LogP contribution >= 0.6 is 22.6 Å². The van der Waals surface area contributed by atoms with Crippen LogP contribution < -0.4 is 0 Å². The van der Waals surface area contributed by atoms with Crippen LogP contribution in [0.2, 0.25) is 0 Å². The van der Waals surface area contributed by atoms with Crippen LogP contribution in [0.25, 0.3) is 0 Å². The van der Waals surface area contributed by atoms with Crippen molar-refractivity contribution in [3.05, 3.63) is 33.1 Å². The normalized spacial score (nSPS) is 15.9. The summed E-state index contributed by atoms with van der Waals surface area (Å²) < 4.78 is 13.7. The molecular weight excluding hydrogens is 398 g/mol. The maximum Gasteiger partial charge on any atom is 0.255 e. The van der Waals surface area contributed by atoms with Gasteiger partial charge in [0.15, 0.2) is 0 Å². The molecule has 0 radical (unpaired) electrons. The first-order valence-electron chi connectivity index (χ1n) is 7.24. The van der Waals surface area contributed by atoms with Crippen LogP contribution in [0, 0.1) is 14.8 Å². The van der Waals surface area contributed by atoms with Crippen molar-refractivity contribution in [3.63, 3.8) is 0 Å². The van der Waals surface area contributed by atoms with Crippen molar-refractivity contribution < 1.29 is 14.0 Å². The molecule has 2 amide bonds. The third-order valence-corrected chi connectivity index (χ3v) is 4.55. The van der Waals surface area contributed by atoms with E-state index in [-0.39, 0.29) is 17.6 Å². The monoisotopic (exact) mass is 418 g/mol. The van der Waals surface area contributed by atoms with E-state index in [1.165, 1.54) is 18.2 Å². The van der Waals surface area contributed by atoms with Gasteiger partial charge in [-0.3, -0.25) is 9.59 Å². The minimum absolute atomic E-state index is 0.104. The third-order valence-electron chi connectivity index (χ3n) is 3.66. The first-order valence-corrected chi connectivity index (χ1v) is 8.32. The molecule has 0 aromatic heterocycles. The maximum absolute atomic E-state index is 13.1. The fourth-order valence-electron chi connectivity index (χ4n) is 2.42. The number of hydrogen-bond acceptors (Lipinski definition) is 2. The molecule has 1 heterocycles. The number of hydrogen-bond donors (Lipinski definition) is 0. The Labute approximate surface area is 143 Å². The highest BCUT2D eigenvalue weighted by Gasteiger charge is 2.31. The second-order valence-electron chi connectivity index (χ2n) is 6.46. The molecule has 0 spiro atoms. The zero-order chi connectivity index (χ0) is 16.5. The van der Waals surface area contributed by atoms with Crippen molar-refractivity contribution in [2.75, 3.05) is 26.2 Å². The van der Waals surface area contributed by atoms with Crippen LogP contribution in [0.1, 0.15) is 31.1 Å². The number of carbonyl (C=O) groups excluding carboxylic acids is 2. The molecule has 0 saturated carbocycles. The van der Waals surface area contributed by atoms with Crippen LogP contribution in [0.4, 0.5) is 4.39 Å². The van der Waals surface area contributed by atoms with E-state index in [0.717, 1.165) is 0 Å². The van der Waals surface area contributed by atoms with Crippen molar-refractivity contribution in [3.8, 4) is 0 Å². The van der Waals surface area contributed by atoms with Crippen LogP contribution in [-0.2, 0) is 4.79 Å². The number of nitrogens with zero attached hydrogens (tertiary/aromatic N) is 2. The van der Waals surface area contributed by atoms with Crippen molar-refractivity contribution in [1.82, 2.24) is 9.80 Å². The first kappa shape index (κ1) is 17.2. The van der Waals surface area contributed by atoms with Gasteiger partial charge >= 0.3 is 0 Å². The van der Waals surface area contributed by atoms with Crippen LogP contribution in [-0.4, -0.2) is 47.8 Å². The van der Waals surface area contributed by atoms with Gasteiger partial charge in [0.1, 0.15) is 5.82 Å². The highest BCUT2D eigenvalue weighted by molar-refractivity contribution is 14.1. The molecule has 0 unspecified atom stereocenters. The Hall–Kier alpha value is -1.18. The van der Waals surface area contributed by atoms with Crippen LogP contribution in [0.15, 0.2) is 18.2 Å². The summed E-state index contributed by atoms with van der Waals surface area (Å²) in [6, 6.07) is 4.17. The fourth-order valence-corrected chi connectivity index (χ4v) is 3.13. The Morgan fingerprint density at radius 3 is 2.14 bits per heavy atom. The van der Waals surface area contributed by atoms with E-state index in [1.54, 1.807) is 9.80 Å². The van der Waals surface area contributed by atoms with E-state index < -0.39 is 5.41 Å². The average Bonchev–Trinajstić information content (AvgIpc) is 2.45. The second kappa shape index (κ2) is 6.52. The van der Waals surface area contributed by atoms with E-state index in [1.807, 2.05) is 43.4 Å². The third kappa shape index (κ3) is 3.77. The SMILES string of the molecule is CC(C)(C)C(=O)N1CCN(C(=O)c2ccc(F)cc2I)CC1. The average molecular weight is 418 g/mol. The summed E-state index contributed by atoms with van der Waals surface area (Å²) in [6.07, 6.45) is 0. The molecule has 1 aliphatic heterocycles. The van der Waals surface area contributed by atoms with Gasteiger partial charge in [-0.25, -0.2) is 4.39 Å². The van der Waals surface area contributed by atoms with Gasteiger partial charge < -0.3 is 9.80 Å². The summed E-state index contributed by atoms with van der Waals surface area (Å²) >= 11 is 1.97. The minimum atomic E-state index is -0.404. The number of piperazine rings is 1. The van der Waals surface area contributed by atoms with Gasteiger partial charge in [0.05, 0.1) is 5.56 Å². The van der Waals surface area contributed by atoms with Crippen molar-refractivity contribution in [2.24, 2.45) is 5.41 Å². The maximum atomic E-state index is 13.1. The highest BCUT2D eigenvalue weighted by Crippen LogP contribution is 2.20. The number of halogens is 2. The second-order valence-corrected chi connectivity index (χ2v) is 7.62. The van der Waals surface area contributed by atoms with E-state index in [2.05, 4.69) is 0 Å². The number of rotatable bonds is 1. The van der Waals surface area contributed by atoms with Crippen molar-refractivity contribution in [2.45, 2.75) is 20.8 Å². The van der Waals surface area contributed by atoms with Crippen molar-refractivity contribution in [1.29, 1.82) is 0 Å². The van der Waals surface area contributed by atoms with E-state index >= 15 is 0 Å². The van der Waals surface area contributed by atoms with E-state index in [0.29, 0.717) is 35.3 Å². The summed E-state index contributed by atoms with van der Waals surface area (Å²) in [5.74, 6) is -0.343. The van der Waals surface area contributed by atoms with Gasteiger partial charge in [0.25, 0.3) is 5.91 Å². The lowest BCUT2D eigenvalue weighted by atomic mass is 9.94. The Balaban J connectivity index is 2.02. The summed E-state index contributed by atoms with van der Waals surface area (Å²) in [7, 11) is 0. The lowest BCUT2D eigenvalue weighted by Crippen LogP contribution is -2.53. The summed E-state index contributed by atoms with van der Waals surface area (Å²) in [5, 5.41) is 0. The standard InChI is InChI=1S/C16H20FIN2O2/c1-16(2,3)15(22)20-8-6-19(7-9-20)14(21)12-5-4-11(17)10-13(12)18/h4-5,10H,6-9H2,1-3H3. The highest BCUT2D eigenvalue weighted by atomic mass is 127. The molecule has 4 nitrogen and oxygen atoms in total. The largest absolute Gasteiger partial charge is 0.339 e. The molecule has 0 atom stereocenters. The number of benzene rings is 1. The molecule has 1 aliphatic rings. The Morgan fingerprint density at radius 1 is 1.09 bits per heavy atom. The molecule has 2 rings (SSSR count). The van der Waals surface area contributed by atoms with Gasteiger partial charge in [-0.2, -0.15) is 0 Å². The molecular formula is C16H20FIN2O2. The van der Waals surface area contributed by atoms with Gasteiger partial charge in [0.2, 0.25) is 5.91 Å². The molecule has 6 heteroatoms. The lowest BCUT2D eigenvalue weighted by Gasteiger charge is -2.37. The topological polar surface area (TPSA) is 40.6 Å². The lowest BCUT2D eigenvalue weighted by molar-refractivity contribution is -0.140. The molecule has 0 N–H and O–H groups in total. The van der Waals surface area contributed by atoms with Gasteiger partial charge in [-0.15, -0.1) is 0 Å². The predicted octanol–water partition coefficient (Wildman–Crippen LogP) is 2.76. The predicted molar refractivity (Wildman–Crippen MR) is 91.1 cm³/mol. The Kier molecular flexibility index (Phi) is 5.09. The smallest absolute Gasteiger partial charge is 0.255 e. The van der Waals surface area contributed by atoms with Gasteiger partial charge in [-0.05, 0) is 40.8 Å². The molecule has 0 bridgehead atoms. The van der Waals surface area contributed by atoms with Crippen LogP contribution in [0.5, 0.6) is 0 Å². The Morgan fingerprint density at radius 2 is 1.64 bits per heavy atom. The summed E-state index contributed by atoms with van der Waals surface area (Å²) in [5.41, 5.74) is 0.107. The van der Waals surface area contributed by atoms with E-state index in [4.69, 9.17) is 0 Å². The number of carbonyl (C=O) groups is 2. The van der Waals surface area contributed by atoms with Gasteiger partial charge in [-0.1, -0.05) is 20.8 Å². The summed E-state index contributed by atoms with van der Waals surface area (Å²) in [4.78, 5) is 28.3. The molecule has 120 valence electrons. The molecule has 22 heavy (non-hydrogen) atoms. The quantitative estimate of drug-likeness (QED) is 0.659. The van der Waals surface area contributed by atoms with E-state index in [9.17, 15) is 14.0 Å². The zero-order valence-corrected chi connectivity index (χ0v) is 15.2. The molecule has 1 fully saturated rings.